The maximum atomic E-state index is 13.2. The van der Waals surface area contributed by atoms with E-state index in [0.29, 0.717) is 12.2 Å². The van der Waals surface area contributed by atoms with Gasteiger partial charge in [-0.3, -0.25) is 4.79 Å². The monoisotopic (exact) mass is 520 g/mol. The molecule has 2 rings (SSSR count). The van der Waals surface area contributed by atoms with E-state index < -0.39 is 5.41 Å². The summed E-state index contributed by atoms with van der Waals surface area (Å²) in [6.45, 7) is 11.2. The van der Waals surface area contributed by atoms with Gasteiger partial charge >= 0.3 is 0 Å². The molecular weight excluding hydrogens is 468 g/mol. The molecule has 0 bridgehead atoms. The number of Topliss-reactive ketones (excluding diaryl/α,β-unsaturated/α-hetero) is 1. The summed E-state index contributed by atoms with van der Waals surface area (Å²) in [5.74, 6) is 1.14. The molecule has 1 fully saturated rings. The van der Waals surface area contributed by atoms with Gasteiger partial charge in [-0.1, -0.05) is 58.7 Å². The Hall–Kier alpha value is -2.39. The van der Waals surface area contributed by atoms with Crippen LogP contribution in [-0.2, 0) is 16.6 Å². The molecule has 0 aliphatic heterocycles. The van der Waals surface area contributed by atoms with Gasteiger partial charge in [-0.15, -0.1) is 0 Å². The van der Waals surface area contributed by atoms with E-state index in [0.717, 1.165) is 87.5 Å². The molecule has 1 unspecified atom stereocenters. The van der Waals surface area contributed by atoms with E-state index in [9.17, 15) is 9.90 Å². The average molecular weight is 521 g/mol. The van der Waals surface area contributed by atoms with Crippen molar-refractivity contribution in [2.24, 2.45) is 0 Å². The number of aliphatic hydroxyl groups excluding tert-OH is 1. The maximum Gasteiger partial charge on any atom is 0.143 e. The van der Waals surface area contributed by atoms with Crippen molar-refractivity contribution in [3.63, 3.8) is 0 Å². The highest BCUT2D eigenvalue weighted by Crippen LogP contribution is 2.45. The number of benzene rings is 1. The first-order valence-corrected chi connectivity index (χ1v) is 14.6. The lowest BCUT2D eigenvalue weighted by Crippen LogP contribution is -2.31. The molecule has 1 saturated carbocycles. The minimum Gasteiger partial charge on any atom is -0.496 e. The zero-order chi connectivity index (χ0) is 28.0. The summed E-state index contributed by atoms with van der Waals surface area (Å²) in [7, 11) is 1.69. The fourth-order valence-corrected chi connectivity index (χ4v) is 5.45. The van der Waals surface area contributed by atoms with Crippen molar-refractivity contribution in [3.05, 3.63) is 75.9 Å². The third-order valence-electron chi connectivity index (χ3n) is 7.90. The summed E-state index contributed by atoms with van der Waals surface area (Å²) in [6, 6.07) is 6.26. The molecule has 1 N–H and O–H groups in total. The molecule has 1 aliphatic carbocycles. The van der Waals surface area contributed by atoms with Gasteiger partial charge in [0, 0.05) is 18.6 Å². The highest BCUT2D eigenvalue weighted by Gasteiger charge is 2.44. The number of hydrogen-bond acceptors (Lipinski definition) is 3. The predicted octanol–water partition coefficient (Wildman–Crippen LogP) is 9.15. The van der Waals surface area contributed by atoms with E-state index in [1.165, 1.54) is 22.3 Å². The Morgan fingerprint density at radius 3 is 2.05 bits per heavy atom. The van der Waals surface area contributed by atoms with Gasteiger partial charge in [-0.25, -0.2) is 0 Å². The van der Waals surface area contributed by atoms with Crippen LogP contribution >= 0.6 is 0 Å². The van der Waals surface area contributed by atoms with Crippen molar-refractivity contribution < 1.29 is 14.6 Å². The fourth-order valence-electron chi connectivity index (χ4n) is 5.45. The summed E-state index contributed by atoms with van der Waals surface area (Å²) in [4.78, 5) is 13.2. The molecule has 0 heterocycles. The number of rotatable bonds is 16. The van der Waals surface area contributed by atoms with Crippen LogP contribution in [0.4, 0.5) is 0 Å². The number of aryl methyl sites for hydroxylation is 1. The van der Waals surface area contributed by atoms with E-state index in [-0.39, 0.29) is 6.61 Å². The number of hydrogen-bond donors (Lipinski definition) is 1. The Labute approximate surface area is 232 Å². The Morgan fingerprint density at radius 2 is 1.53 bits per heavy atom. The lowest BCUT2D eigenvalue weighted by atomic mass is 9.74. The van der Waals surface area contributed by atoms with Crippen LogP contribution in [0.15, 0.2) is 64.8 Å². The van der Waals surface area contributed by atoms with Gasteiger partial charge in [-0.05, 0) is 117 Å². The highest BCUT2D eigenvalue weighted by molar-refractivity contribution is 5.93. The maximum absolute atomic E-state index is 13.2. The molecule has 1 aliphatic rings. The Morgan fingerprint density at radius 1 is 0.921 bits per heavy atom. The van der Waals surface area contributed by atoms with Gasteiger partial charge < -0.3 is 9.84 Å². The van der Waals surface area contributed by atoms with E-state index >= 15 is 0 Å². The van der Waals surface area contributed by atoms with Gasteiger partial charge in [-0.2, -0.15) is 0 Å². The Bertz CT molecular complexity index is 1020. The Balaban J connectivity index is 1.97. The number of carbonyl (C=O) groups excluding carboxylic acids is 1. The topological polar surface area (TPSA) is 46.5 Å². The Kier molecular flexibility index (Phi) is 13.9. The van der Waals surface area contributed by atoms with Crippen molar-refractivity contribution in [2.45, 2.75) is 117 Å². The van der Waals surface area contributed by atoms with Gasteiger partial charge in [0.2, 0.25) is 0 Å². The first-order valence-electron chi connectivity index (χ1n) is 14.6. The summed E-state index contributed by atoms with van der Waals surface area (Å²) < 4.78 is 5.78. The zero-order valence-electron chi connectivity index (χ0n) is 25.0. The molecule has 1 aromatic rings. The lowest BCUT2D eigenvalue weighted by molar-refractivity contribution is -0.122. The first kappa shape index (κ1) is 31.8. The third kappa shape index (κ3) is 10.1. The molecule has 1 atom stereocenters. The van der Waals surface area contributed by atoms with Crippen molar-refractivity contribution in [1.82, 2.24) is 0 Å². The second-order valence-corrected chi connectivity index (χ2v) is 11.5. The van der Waals surface area contributed by atoms with Crippen LogP contribution in [0.25, 0.3) is 0 Å². The molecule has 0 amide bonds. The van der Waals surface area contributed by atoms with Crippen LogP contribution in [-0.4, -0.2) is 24.6 Å². The first-order chi connectivity index (χ1) is 18.2. The average Bonchev–Trinajstić information content (AvgIpc) is 3.26. The quantitative estimate of drug-likeness (QED) is 0.221. The van der Waals surface area contributed by atoms with Crippen LogP contribution in [0.2, 0.25) is 0 Å². The zero-order valence-corrected chi connectivity index (χ0v) is 25.0. The van der Waals surface area contributed by atoms with E-state index in [4.69, 9.17) is 4.74 Å². The van der Waals surface area contributed by atoms with Gasteiger partial charge in [0.1, 0.15) is 11.5 Å². The summed E-state index contributed by atoms with van der Waals surface area (Å²) >= 11 is 0. The lowest BCUT2D eigenvalue weighted by Gasteiger charge is -2.29. The molecule has 38 heavy (non-hydrogen) atoms. The standard InChI is InChI=1S/C35H52O3/c1-27(2)12-7-13-28(3)14-8-15-29(4)16-9-17-30(5)22-24-35(23-10-19-34(35)37)32-21-20-31(18-11-25-36)26-33(32)38-6/h12,14,16,20-22,26,36H,7-11,13,15,17-19,23-25H2,1-6H3/b28-14+,29-16+,30-22+. The molecule has 210 valence electrons. The van der Waals surface area contributed by atoms with Crippen LogP contribution in [0.1, 0.15) is 116 Å². The molecule has 3 nitrogen and oxygen atoms in total. The molecular formula is C35H52O3. The number of carbonyl (C=O) groups is 1. The van der Waals surface area contributed by atoms with Crippen molar-refractivity contribution in [1.29, 1.82) is 0 Å². The summed E-state index contributed by atoms with van der Waals surface area (Å²) in [6.07, 6.45) is 20.7. The normalized spacial score (nSPS) is 18.7. The van der Waals surface area contributed by atoms with Crippen LogP contribution < -0.4 is 4.74 Å². The van der Waals surface area contributed by atoms with Crippen LogP contribution in [0, 0.1) is 0 Å². The van der Waals surface area contributed by atoms with E-state index in [1.54, 1.807) is 7.11 Å². The number of methoxy groups -OCH3 is 1. The van der Waals surface area contributed by atoms with Gasteiger partial charge in [0.15, 0.2) is 0 Å². The summed E-state index contributed by atoms with van der Waals surface area (Å²) in [5, 5.41) is 9.18. The minimum atomic E-state index is -0.482. The van der Waals surface area contributed by atoms with Crippen LogP contribution in [0.5, 0.6) is 5.75 Å². The van der Waals surface area contributed by atoms with Crippen molar-refractivity contribution >= 4 is 5.78 Å². The summed E-state index contributed by atoms with van der Waals surface area (Å²) in [5.41, 5.74) is 7.38. The smallest absolute Gasteiger partial charge is 0.143 e. The molecule has 3 heteroatoms. The number of allylic oxidation sites excluding steroid dienone is 8. The fraction of sp³-hybridized carbons (Fsp3) is 0.571. The van der Waals surface area contributed by atoms with Gasteiger partial charge in [0.05, 0.1) is 12.5 Å². The van der Waals surface area contributed by atoms with Crippen LogP contribution in [0.3, 0.4) is 0 Å². The highest BCUT2D eigenvalue weighted by atomic mass is 16.5. The molecule has 0 radical (unpaired) electrons. The van der Waals surface area contributed by atoms with Gasteiger partial charge in [0.25, 0.3) is 0 Å². The minimum absolute atomic E-state index is 0.179. The largest absolute Gasteiger partial charge is 0.496 e. The van der Waals surface area contributed by atoms with Crippen molar-refractivity contribution in [3.8, 4) is 5.75 Å². The number of aliphatic hydroxyl groups is 1. The molecule has 0 spiro atoms. The van der Waals surface area contributed by atoms with Crippen molar-refractivity contribution in [2.75, 3.05) is 13.7 Å². The third-order valence-corrected chi connectivity index (χ3v) is 7.90. The second-order valence-electron chi connectivity index (χ2n) is 11.5. The number of ether oxygens (including phenoxy) is 1. The SMILES string of the molecule is COc1cc(CCCO)ccc1C1(C/C=C(\C)CC/C=C(\C)CC/C=C(\C)CCC=C(C)C)CCCC1=O. The predicted molar refractivity (Wildman–Crippen MR) is 162 cm³/mol. The molecule has 1 aromatic carbocycles. The van der Waals surface area contributed by atoms with E-state index in [2.05, 4.69) is 77.1 Å². The second kappa shape index (κ2) is 16.5. The van der Waals surface area contributed by atoms with E-state index in [1.807, 2.05) is 0 Å². The number of ketones is 1. The molecule has 0 saturated heterocycles. The molecule has 0 aromatic heterocycles.